The second-order valence-electron chi connectivity index (χ2n) is 5.12. The molecule has 21 heavy (non-hydrogen) atoms. The largest absolute Gasteiger partial charge is 0.335 e. The molecule has 0 spiro atoms. The molecular weight excluding hydrogens is 278 g/mol. The zero-order valence-electron chi connectivity index (χ0n) is 13.2. The minimum atomic E-state index is 0.323. The molecule has 0 bridgehead atoms. The van der Waals surface area contributed by atoms with E-state index in [9.17, 15) is 0 Å². The van der Waals surface area contributed by atoms with Gasteiger partial charge < -0.3 is 9.88 Å². The van der Waals surface area contributed by atoms with Crippen molar-refractivity contribution in [2.24, 2.45) is 0 Å². The SMILES string of the molecule is CCCn1ccnc1CC(NCC)c1ccc(SC)cc1. The Morgan fingerprint density at radius 1 is 1.24 bits per heavy atom. The van der Waals surface area contributed by atoms with E-state index in [1.54, 1.807) is 11.8 Å². The lowest BCUT2D eigenvalue weighted by Gasteiger charge is -2.19. The fourth-order valence-electron chi connectivity index (χ4n) is 2.55. The van der Waals surface area contributed by atoms with Crippen LogP contribution < -0.4 is 5.32 Å². The second kappa shape index (κ2) is 8.25. The highest BCUT2D eigenvalue weighted by Gasteiger charge is 2.14. The Morgan fingerprint density at radius 3 is 2.62 bits per heavy atom. The highest BCUT2D eigenvalue weighted by atomic mass is 32.2. The maximum Gasteiger partial charge on any atom is 0.110 e. The fraction of sp³-hybridized carbons (Fsp3) is 0.471. The summed E-state index contributed by atoms with van der Waals surface area (Å²) in [5, 5.41) is 3.58. The minimum Gasteiger partial charge on any atom is -0.335 e. The van der Waals surface area contributed by atoms with Gasteiger partial charge in [-0.3, -0.25) is 0 Å². The van der Waals surface area contributed by atoms with Gasteiger partial charge in [-0.1, -0.05) is 26.0 Å². The van der Waals surface area contributed by atoms with Crippen molar-refractivity contribution in [2.45, 2.75) is 44.2 Å². The third kappa shape index (κ3) is 4.35. The number of benzene rings is 1. The molecule has 1 unspecified atom stereocenters. The van der Waals surface area contributed by atoms with Crippen molar-refractivity contribution >= 4 is 11.8 Å². The van der Waals surface area contributed by atoms with Gasteiger partial charge in [0.2, 0.25) is 0 Å². The van der Waals surface area contributed by atoms with E-state index >= 15 is 0 Å². The van der Waals surface area contributed by atoms with Crippen LogP contribution in [0.5, 0.6) is 0 Å². The number of hydrogen-bond acceptors (Lipinski definition) is 3. The Labute approximate surface area is 132 Å². The lowest BCUT2D eigenvalue weighted by molar-refractivity contribution is 0.516. The number of likely N-dealkylation sites (N-methyl/N-ethyl adjacent to an activating group) is 1. The molecular formula is C17H25N3S. The van der Waals surface area contributed by atoms with E-state index in [4.69, 9.17) is 0 Å². The average Bonchev–Trinajstić information content (AvgIpc) is 2.94. The minimum absolute atomic E-state index is 0.323. The summed E-state index contributed by atoms with van der Waals surface area (Å²) in [4.78, 5) is 5.84. The van der Waals surface area contributed by atoms with Crippen LogP contribution in [-0.2, 0) is 13.0 Å². The number of aryl methyl sites for hydroxylation is 1. The van der Waals surface area contributed by atoms with Crippen LogP contribution in [-0.4, -0.2) is 22.4 Å². The molecule has 1 N–H and O–H groups in total. The maximum absolute atomic E-state index is 4.53. The van der Waals surface area contributed by atoms with Crippen LogP contribution in [0.1, 0.15) is 37.7 Å². The van der Waals surface area contributed by atoms with E-state index in [2.05, 4.69) is 65.4 Å². The van der Waals surface area contributed by atoms with Crippen molar-refractivity contribution < 1.29 is 0 Å². The van der Waals surface area contributed by atoms with Gasteiger partial charge in [-0.25, -0.2) is 4.98 Å². The summed E-state index contributed by atoms with van der Waals surface area (Å²) >= 11 is 1.78. The summed E-state index contributed by atoms with van der Waals surface area (Å²) in [6.45, 7) is 6.36. The Morgan fingerprint density at radius 2 is 2.00 bits per heavy atom. The molecule has 114 valence electrons. The summed E-state index contributed by atoms with van der Waals surface area (Å²) in [5.41, 5.74) is 1.33. The first-order valence-corrected chi connectivity index (χ1v) is 8.88. The van der Waals surface area contributed by atoms with E-state index in [1.165, 1.54) is 10.5 Å². The van der Waals surface area contributed by atoms with Gasteiger partial charge in [0.15, 0.2) is 0 Å². The topological polar surface area (TPSA) is 29.9 Å². The third-order valence-corrected chi connectivity index (χ3v) is 4.37. The molecule has 1 heterocycles. The highest BCUT2D eigenvalue weighted by Crippen LogP contribution is 2.21. The second-order valence-corrected chi connectivity index (χ2v) is 6.00. The van der Waals surface area contributed by atoms with Gasteiger partial charge >= 0.3 is 0 Å². The maximum atomic E-state index is 4.53. The van der Waals surface area contributed by atoms with Crippen molar-refractivity contribution in [3.8, 4) is 0 Å². The normalized spacial score (nSPS) is 12.5. The Kier molecular flexibility index (Phi) is 6.33. The first-order valence-electron chi connectivity index (χ1n) is 7.65. The Balaban J connectivity index is 2.15. The van der Waals surface area contributed by atoms with Crippen molar-refractivity contribution in [2.75, 3.05) is 12.8 Å². The van der Waals surface area contributed by atoms with Gasteiger partial charge in [-0.15, -0.1) is 11.8 Å². The quantitative estimate of drug-likeness (QED) is 0.750. The van der Waals surface area contributed by atoms with Gasteiger partial charge in [-0.2, -0.15) is 0 Å². The van der Waals surface area contributed by atoms with Crippen molar-refractivity contribution in [1.29, 1.82) is 0 Å². The van der Waals surface area contributed by atoms with Crippen molar-refractivity contribution in [3.63, 3.8) is 0 Å². The molecule has 0 amide bonds. The molecule has 2 aromatic rings. The molecule has 1 aromatic carbocycles. The predicted molar refractivity (Wildman–Crippen MR) is 90.9 cm³/mol. The van der Waals surface area contributed by atoms with Crippen molar-refractivity contribution in [1.82, 2.24) is 14.9 Å². The van der Waals surface area contributed by atoms with E-state index in [0.717, 1.165) is 31.8 Å². The van der Waals surface area contributed by atoms with Gasteiger partial charge in [0.1, 0.15) is 5.82 Å². The van der Waals surface area contributed by atoms with Crippen LogP contribution >= 0.6 is 11.8 Å². The summed E-state index contributed by atoms with van der Waals surface area (Å²) in [7, 11) is 0. The molecule has 0 saturated heterocycles. The van der Waals surface area contributed by atoms with Crippen LogP contribution in [0, 0.1) is 0 Å². The molecule has 0 radical (unpaired) electrons. The summed E-state index contributed by atoms with van der Waals surface area (Å²) in [6, 6.07) is 9.17. The lowest BCUT2D eigenvalue weighted by Crippen LogP contribution is -2.24. The molecule has 0 saturated carbocycles. The molecule has 1 aromatic heterocycles. The number of imidazole rings is 1. The average molecular weight is 303 g/mol. The van der Waals surface area contributed by atoms with Crippen LogP contribution in [0.15, 0.2) is 41.6 Å². The number of nitrogens with one attached hydrogen (secondary N) is 1. The number of rotatable bonds is 8. The van der Waals surface area contributed by atoms with Gasteiger partial charge in [0.05, 0.1) is 0 Å². The number of hydrogen-bond donors (Lipinski definition) is 1. The first kappa shape index (κ1) is 16.1. The monoisotopic (exact) mass is 303 g/mol. The zero-order chi connectivity index (χ0) is 15.1. The standard InChI is InChI=1S/C17H25N3S/c1-4-11-20-12-10-19-17(20)13-16(18-5-2)14-6-8-15(21-3)9-7-14/h6-10,12,16,18H,4-5,11,13H2,1-3H3. The summed E-state index contributed by atoms with van der Waals surface area (Å²) in [6.07, 6.45) is 8.17. The highest BCUT2D eigenvalue weighted by molar-refractivity contribution is 7.98. The van der Waals surface area contributed by atoms with Crippen LogP contribution in [0.4, 0.5) is 0 Å². The van der Waals surface area contributed by atoms with E-state index in [1.807, 2.05) is 6.20 Å². The molecule has 0 aliphatic carbocycles. The molecule has 3 nitrogen and oxygen atoms in total. The van der Waals surface area contributed by atoms with Gasteiger partial charge in [0.25, 0.3) is 0 Å². The number of nitrogens with zero attached hydrogens (tertiary/aromatic N) is 2. The smallest absolute Gasteiger partial charge is 0.110 e. The fourth-order valence-corrected chi connectivity index (χ4v) is 2.96. The van der Waals surface area contributed by atoms with Gasteiger partial charge in [0, 0.05) is 36.3 Å². The molecule has 0 fully saturated rings. The van der Waals surface area contributed by atoms with E-state index < -0.39 is 0 Å². The first-order chi connectivity index (χ1) is 10.3. The van der Waals surface area contributed by atoms with E-state index in [0.29, 0.717) is 6.04 Å². The van der Waals surface area contributed by atoms with Crippen molar-refractivity contribution in [3.05, 3.63) is 48.0 Å². The van der Waals surface area contributed by atoms with Crippen LogP contribution in [0.3, 0.4) is 0 Å². The molecule has 0 aliphatic heterocycles. The van der Waals surface area contributed by atoms with Gasteiger partial charge in [-0.05, 0) is 36.9 Å². The number of aromatic nitrogens is 2. The molecule has 4 heteroatoms. The third-order valence-electron chi connectivity index (χ3n) is 3.62. The predicted octanol–water partition coefficient (Wildman–Crippen LogP) is 3.91. The Bertz CT molecular complexity index is 533. The lowest BCUT2D eigenvalue weighted by atomic mass is 10.0. The Hall–Kier alpha value is -1.26. The summed E-state index contributed by atoms with van der Waals surface area (Å²) < 4.78 is 2.26. The molecule has 1 atom stereocenters. The molecule has 0 aliphatic rings. The summed E-state index contributed by atoms with van der Waals surface area (Å²) in [5.74, 6) is 1.16. The van der Waals surface area contributed by atoms with Crippen LogP contribution in [0.2, 0.25) is 0 Å². The number of thioether (sulfide) groups is 1. The zero-order valence-corrected chi connectivity index (χ0v) is 14.0. The van der Waals surface area contributed by atoms with E-state index in [-0.39, 0.29) is 0 Å². The van der Waals surface area contributed by atoms with Crippen LogP contribution in [0.25, 0.3) is 0 Å². The molecule has 2 rings (SSSR count).